The van der Waals surface area contributed by atoms with Gasteiger partial charge in [0.1, 0.15) is 0 Å². The van der Waals surface area contributed by atoms with Crippen molar-refractivity contribution < 1.29 is 30.8 Å². The maximum absolute atomic E-state index is 11.7. The van der Waals surface area contributed by atoms with Crippen LogP contribution in [0.5, 0.6) is 0 Å². The predicted molar refractivity (Wildman–Crippen MR) is 56.3 cm³/mol. The molecule has 2 heterocycles. The van der Waals surface area contributed by atoms with Crippen LogP contribution in [0.2, 0.25) is 0 Å². The van der Waals surface area contributed by atoms with E-state index in [4.69, 9.17) is 0 Å². The van der Waals surface area contributed by atoms with E-state index in [1.54, 1.807) is 6.20 Å². The normalized spacial score (nSPS) is 16.4. The Morgan fingerprint density at radius 3 is 2.69 bits per heavy atom. The van der Waals surface area contributed by atoms with Gasteiger partial charge in [-0.1, -0.05) is 0 Å². The Labute approximate surface area is 102 Å². The molecule has 1 aliphatic heterocycles. The summed E-state index contributed by atoms with van der Waals surface area (Å²) in [6.07, 6.45) is 3.29. The van der Waals surface area contributed by atoms with Gasteiger partial charge in [0, 0.05) is 0 Å². The van der Waals surface area contributed by atoms with E-state index in [1.807, 2.05) is 24.3 Å². The van der Waals surface area contributed by atoms with E-state index in [-0.39, 0.29) is 7.58 Å². The molecule has 2 aromatic rings. The molecule has 0 radical (unpaired) electrons. The Bertz CT molecular complexity index is 639. The summed E-state index contributed by atoms with van der Waals surface area (Å²) in [7, 11) is 0. The number of allylic oxidation sites excluding steroid dienone is 2. The van der Waals surface area contributed by atoms with Crippen molar-refractivity contribution in [2.75, 3.05) is 0 Å². The first-order valence-electron chi connectivity index (χ1n) is 4.77. The van der Waals surface area contributed by atoms with Crippen LogP contribution < -0.4 is 21.2 Å². The van der Waals surface area contributed by atoms with Gasteiger partial charge in [-0.05, 0) is 0 Å². The van der Waals surface area contributed by atoms with Crippen molar-refractivity contribution >= 4 is 24.1 Å². The number of halogens is 1. The summed E-state index contributed by atoms with van der Waals surface area (Å²) >= 11 is -0.971. The number of aromatic amines is 1. The van der Waals surface area contributed by atoms with E-state index in [0.29, 0.717) is 5.57 Å². The molecule has 1 aliphatic rings. The van der Waals surface area contributed by atoms with Gasteiger partial charge in [-0.2, -0.15) is 0 Å². The summed E-state index contributed by atoms with van der Waals surface area (Å²) in [6, 6.07) is 7.77. The second-order valence-electron chi connectivity index (χ2n) is 3.48. The van der Waals surface area contributed by atoms with Gasteiger partial charge < -0.3 is 0 Å². The molecule has 0 atom stereocenters. The van der Waals surface area contributed by atoms with Gasteiger partial charge in [0.25, 0.3) is 0 Å². The molecular formula is C12H7INO2-. The molecule has 0 saturated heterocycles. The molecule has 16 heavy (non-hydrogen) atoms. The molecule has 0 amide bonds. The van der Waals surface area contributed by atoms with Gasteiger partial charge in [-0.25, -0.2) is 0 Å². The number of hydrogen-bond donors (Lipinski definition) is 1. The van der Waals surface area contributed by atoms with E-state index < -0.39 is 21.2 Å². The second kappa shape index (κ2) is 3.55. The quantitative estimate of drug-likeness (QED) is 0.524. The summed E-state index contributed by atoms with van der Waals surface area (Å²) in [4.78, 5) is 26.0. The van der Waals surface area contributed by atoms with E-state index in [1.165, 1.54) is 6.08 Å². The molecule has 0 bridgehead atoms. The molecule has 1 N–H and O–H groups in total. The summed E-state index contributed by atoms with van der Waals surface area (Å²) < 4.78 is 0.0256. The number of benzene rings is 1. The molecule has 3 rings (SSSR count). The average Bonchev–Trinajstić information content (AvgIpc) is 2.81. The van der Waals surface area contributed by atoms with E-state index >= 15 is 0 Å². The van der Waals surface area contributed by atoms with Crippen molar-refractivity contribution in [3.63, 3.8) is 0 Å². The minimum atomic E-state index is -0.971. The third-order valence-electron chi connectivity index (χ3n) is 2.53. The zero-order chi connectivity index (χ0) is 11.1. The minimum absolute atomic E-state index is 0.00378. The summed E-state index contributed by atoms with van der Waals surface area (Å²) in [5.41, 5.74) is 2.42. The first-order chi connectivity index (χ1) is 7.75. The molecule has 0 aliphatic carbocycles. The van der Waals surface area contributed by atoms with Gasteiger partial charge in [-0.15, -0.1) is 0 Å². The van der Waals surface area contributed by atoms with Gasteiger partial charge in [0.2, 0.25) is 0 Å². The SMILES string of the molecule is O=C1C=C(c2c[nH]c3ccccc23)C(=O)[I-]1. The van der Waals surface area contributed by atoms with E-state index in [0.717, 1.165) is 16.5 Å². The fourth-order valence-electron chi connectivity index (χ4n) is 1.81. The van der Waals surface area contributed by atoms with Crippen molar-refractivity contribution in [2.45, 2.75) is 0 Å². The van der Waals surface area contributed by atoms with Gasteiger partial charge in [-0.3, -0.25) is 0 Å². The van der Waals surface area contributed by atoms with Crippen molar-refractivity contribution in [1.82, 2.24) is 4.98 Å². The van der Waals surface area contributed by atoms with E-state index in [9.17, 15) is 9.59 Å². The van der Waals surface area contributed by atoms with Crippen molar-refractivity contribution in [3.8, 4) is 0 Å². The second-order valence-corrected chi connectivity index (χ2v) is 6.06. The monoisotopic (exact) mass is 324 g/mol. The van der Waals surface area contributed by atoms with Crippen LogP contribution in [0.3, 0.4) is 0 Å². The van der Waals surface area contributed by atoms with Crippen LogP contribution in [-0.2, 0) is 9.59 Å². The van der Waals surface area contributed by atoms with E-state index in [2.05, 4.69) is 4.98 Å². The van der Waals surface area contributed by atoms with Crippen LogP contribution in [-0.4, -0.2) is 12.6 Å². The summed E-state index contributed by atoms with van der Waals surface area (Å²) in [6.45, 7) is 0. The fourth-order valence-corrected chi connectivity index (χ4v) is 3.50. The molecule has 4 heteroatoms. The molecule has 0 saturated carbocycles. The Morgan fingerprint density at radius 1 is 1.12 bits per heavy atom. The first-order valence-corrected chi connectivity index (χ1v) is 6.93. The van der Waals surface area contributed by atoms with Crippen molar-refractivity contribution in [1.29, 1.82) is 0 Å². The number of aromatic nitrogens is 1. The Hall–Kier alpha value is -1.43. The maximum atomic E-state index is 11.7. The van der Waals surface area contributed by atoms with Crippen LogP contribution in [0.15, 0.2) is 36.5 Å². The van der Waals surface area contributed by atoms with Crippen LogP contribution in [0.4, 0.5) is 0 Å². The van der Waals surface area contributed by atoms with Crippen molar-refractivity contribution in [2.24, 2.45) is 0 Å². The topological polar surface area (TPSA) is 49.9 Å². The molecular weight excluding hydrogens is 317 g/mol. The van der Waals surface area contributed by atoms with Crippen LogP contribution in [0.25, 0.3) is 16.5 Å². The standard InChI is InChI=1S/C12H7INO2/c15-11-5-8(12(16)13-11)9-6-14-10-4-2-1-3-7(9)10/h1-6,14H/q-1. The molecule has 1 aromatic heterocycles. The molecule has 3 nitrogen and oxygen atoms in total. The number of H-pyrrole nitrogens is 1. The number of carbonyl (C=O) groups is 2. The molecule has 80 valence electrons. The number of para-hydroxylation sites is 1. The molecule has 0 spiro atoms. The van der Waals surface area contributed by atoms with Crippen LogP contribution in [0, 0.1) is 0 Å². The third-order valence-corrected chi connectivity index (χ3v) is 4.44. The Morgan fingerprint density at radius 2 is 1.94 bits per heavy atom. The predicted octanol–water partition coefficient (Wildman–Crippen LogP) is -1.29. The Kier molecular flexibility index (Phi) is 2.17. The molecule has 0 fully saturated rings. The summed E-state index contributed by atoms with van der Waals surface area (Å²) in [5, 5.41) is 1.00. The average molecular weight is 324 g/mol. The third kappa shape index (κ3) is 1.41. The number of carbonyl (C=O) groups excluding carboxylic acids is 2. The number of fused-ring (bicyclic) bond motifs is 1. The van der Waals surface area contributed by atoms with Gasteiger partial charge in [0.05, 0.1) is 0 Å². The van der Waals surface area contributed by atoms with Crippen LogP contribution >= 0.6 is 0 Å². The zero-order valence-electron chi connectivity index (χ0n) is 8.16. The van der Waals surface area contributed by atoms with Crippen molar-refractivity contribution in [3.05, 3.63) is 42.1 Å². The summed E-state index contributed by atoms with van der Waals surface area (Å²) in [5.74, 6) is 0. The fraction of sp³-hybridized carbons (Fsp3) is 0. The molecule has 0 unspecified atom stereocenters. The Balaban J connectivity index is 2.24. The van der Waals surface area contributed by atoms with Crippen LogP contribution in [0.1, 0.15) is 5.56 Å². The zero-order valence-corrected chi connectivity index (χ0v) is 10.3. The number of nitrogens with one attached hydrogen (secondary N) is 1. The van der Waals surface area contributed by atoms with Gasteiger partial charge in [0.15, 0.2) is 0 Å². The van der Waals surface area contributed by atoms with Gasteiger partial charge >= 0.3 is 102 Å². The molecule has 1 aromatic carbocycles. The number of rotatable bonds is 1. The number of hydrogen-bond acceptors (Lipinski definition) is 2. The first kappa shape index (κ1) is 9.77.